The van der Waals surface area contributed by atoms with Crippen LogP contribution in [0, 0.1) is 0 Å². The number of anilines is 1. The van der Waals surface area contributed by atoms with E-state index in [1.807, 2.05) is 6.20 Å². The molecule has 1 fully saturated rings. The lowest BCUT2D eigenvalue weighted by molar-refractivity contribution is 0.197. The Hall–Kier alpha value is -1.69. The number of nitrogens with zero attached hydrogens (tertiary/aromatic N) is 4. The summed E-state index contributed by atoms with van der Waals surface area (Å²) in [5.74, 6) is 0.644. The van der Waals surface area contributed by atoms with E-state index in [2.05, 4.69) is 31.3 Å². The lowest BCUT2D eigenvalue weighted by atomic mass is 10.3. The highest BCUT2D eigenvalue weighted by Gasteiger charge is 2.18. The highest BCUT2D eigenvalue weighted by molar-refractivity contribution is 5.73. The predicted molar refractivity (Wildman–Crippen MR) is 77.8 cm³/mol. The number of ether oxygens (including phenoxy) is 1. The zero-order chi connectivity index (χ0) is 13.8. The van der Waals surface area contributed by atoms with Gasteiger partial charge in [-0.25, -0.2) is 4.98 Å². The lowest BCUT2D eigenvalue weighted by Gasteiger charge is -2.07. The second kappa shape index (κ2) is 6.17. The highest BCUT2D eigenvalue weighted by Crippen LogP contribution is 2.29. The molecule has 2 heterocycles. The molecule has 0 spiro atoms. The molecule has 0 bridgehead atoms. The maximum Gasteiger partial charge on any atom is 0.224 e. The van der Waals surface area contributed by atoms with E-state index in [-0.39, 0.29) is 0 Å². The average Bonchev–Trinajstić information content (AvgIpc) is 3.11. The van der Waals surface area contributed by atoms with Crippen molar-refractivity contribution in [1.29, 1.82) is 0 Å². The number of aromatic nitrogens is 4. The van der Waals surface area contributed by atoms with Gasteiger partial charge in [0.25, 0.3) is 0 Å². The van der Waals surface area contributed by atoms with E-state index in [0.717, 1.165) is 30.6 Å². The second-order valence-corrected chi connectivity index (χ2v) is 5.29. The lowest BCUT2D eigenvalue weighted by Crippen LogP contribution is -2.07. The summed E-state index contributed by atoms with van der Waals surface area (Å²) in [6.45, 7) is 1.55. The first-order valence-electron chi connectivity index (χ1n) is 7.31. The summed E-state index contributed by atoms with van der Waals surface area (Å²) in [6.07, 6.45) is 9.92. The molecule has 6 nitrogen and oxygen atoms in total. The predicted octanol–water partition coefficient (Wildman–Crippen LogP) is 2.39. The maximum absolute atomic E-state index is 5.01. The molecule has 6 heteroatoms. The van der Waals surface area contributed by atoms with Crippen LogP contribution in [0.3, 0.4) is 0 Å². The van der Waals surface area contributed by atoms with Gasteiger partial charge in [0.15, 0.2) is 5.65 Å². The first kappa shape index (κ1) is 13.3. The monoisotopic (exact) mass is 275 g/mol. The van der Waals surface area contributed by atoms with Gasteiger partial charge in [-0.15, -0.1) is 0 Å². The van der Waals surface area contributed by atoms with Crippen LogP contribution in [0.5, 0.6) is 0 Å². The molecule has 0 atom stereocenters. The van der Waals surface area contributed by atoms with Crippen molar-refractivity contribution in [3.05, 3.63) is 12.4 Å². The molecule has 2 aromatic rings. The zero-order valence-corrected chi connectivity index (χ0v) is 11.9. The normalized spacial score (nSPS) is 16.1. The van der Waals surface area contributed by atoms with Crippen molar-refractivity contribution in [3.63, 3.8) is 0 Å². The van der Waals surface area contributed by atoms with Crippen LogP contribution in [-0.2, 0) is 4.74 Å². The quantitative estimate of drug-likeness (QED) is 0.820. The van der Waals surface area contributed by atoms with E-state index in [4.69, 9.17) is 4.74 Å². The second-order valence-electron chi connectivity index (χ2n) is 5.29. The van der Waals surface area contributed by atoms with Gasteiger partial charge in [0.1, 0.15) is 0 Å². The summed E-state index contributed by atoms with van der Waals surface area (Å²) in [7, 11) is 1.71. The Kier molecular flexibility index (Phi) is 4.11. The Morgan fingerprint density at radius 3 is 3.05 bits per heavy atom. The molecule has 1 saturated carbocycles. The van der Waals surface area contributed by atoms with Gasteiger partial charge in [-0.3, -0.25) is 4.68 Å². The van der Waals surface area contributed by atoms with E-state index in [9.17, 15) is 0 Å². The zero-order valence-electron chi connectivity index (χ0n) is 11.9. The summed E-state index contributed by atoms with van der Waals surface area (Å²) in [5.41, 5.74) is 0.779. The third kappa shape index (κ3) is 2.90. The molecule has 2 aromatic heterocycles. The van der Waals surface area contributed by atoms with Crippen LogP contribution in [0.4, 0.5) is 5.95 Å². The number of fused-ring (bicyclic) bond motifs is 1. The van der Waals surface area contributed by atoms with Crippen molar-refractivity contribution in [3.8, 4) is 0 Å². The molecule has 0 amide bonds. The Balaban J connectivity index is 1.70. The first-order valence-corrected chi connectivity index (χ1v) is 7.31. The van der Waals surface area contributed by atoms with Crippen LogP contribution >= 0.6 is 0 Å². The minimum Gasteiger partial charge on any atom is -0.385 e. The summed E-state index contributed by atoms with van der Waals surface area (Å²) < 4.78 is 7.08. The minimum absolute atomic E-state index is 0.544. The van der Waals surface area contributed by atoms with Crippen molar-refractivity contribution in [1.82, 2.24) is 19.7 Å². The molecule has 20 heavy (non-hydrogen) atoms. The smallest absolute Gasteiger partial charge is 0.224 e. The van der Waals surface area contributed by atoms with Gasteiger partial charge in [0.2, 0.25) is 5.95 Å². The van der Waals surface area contributed by atoms with Crippen LogP contribution in [0.25, 0.3) is 11.0 Å². The Bertz CT molecular complexity index is 562. The summed E-state index contributed by atoms with van der Waals surface area (Å²) in [6, 6.07) is 0.544. The fourth-order valence-corrected chi connectivity index (χ4v) is 2.69. The van der Waals surface area contributed by atoms with Crippen LogP contribution in [0.15, 0.2) is 12.4 Å². The first-order chi connectivity index (χ1) is 9.86. The topological polar surface area (TPSA) is 64.9 Å². The van der Waals surface area contributed by atoms with E-state index in [1.165, 1.54) is 25.7 Å². The van der Waals surface area contributed by atoms with Gasteiger partial charge in [0.05, 0.1) is 11.4 Å². The largest absolute Gasteiger partial charge is 0.385 e. The van der Waals surface area contributed by atoms with Crippen molar-refractivity contribution in [2.24, 2.45) is 0 Å². The molecule has 1 N–H and O–H groups in total. The number of hydrogen-bond donors (Lipinski definition) is 1. The molecular formula is C14H21N5O. The fourth-order valence-electron chi connectivity index (χ4n) is 2.69. The van der Waals surface area contributed by atoms with Crippen molar-refractivity contribution in [2.75, 3.05) is 25.6 Å². The van der Waals surface area contributed by atoms with E-state index in [1.54, 1.807) is 7.11 Å². The number of nitrogens with one attached hydrogen (secondary N) is 1. The average molecular weight is 275 g/mol. The van der Waals surface area contributed by atoms with Crippen molar-refractivity contribution in [2.45, 2.75) is 38.1 Å². The van der Waals surface area contributed by atoms with Gasteiger partial charge in [-0.1, -0.05) is 12.8 Å². The van der Waals surface area contributed by atoms with Gasteiger partial charge in [-0.2, -0.15) is 10.1 Å². The van der Waals surface area contributed by atoms with E-state index < -0.39 is 0 Å². The Labute approximate surface area is 118 Å². The standard InChI is InChI=1S/C14H21N5O/c1-20-8-4-7-15-14-16-9-11-10-19(18-13(11)17-14)12-5-2-3-6-12/h9-10,12H,2-8H2,1H3,(H,15,17,18). The van der Waals surface area contributed by atoms with E-state index in [0.29, 0.717) is 12.0 Å². The maximum atomic E-state index is 5.01. The highest BCUT2D eigenvalue weighted by atomic mass is 16.5. The van der Waals surface area contributed by atoms with Gasteiger partial charge in [0, 0.05) is 32.7 Å². The fraction of sp³-hybridized carbons (Fsp3) is 0.643. The summed E-state index contributed by atoms with van der Waals surface area (Å²) in [5, 5.41) is 8.81. The van der Waals surface area contributed by atoms with Crippen LogP contribution < -0.4 is 5.32 Å². The van der Waals surface area contributed by atoms with Crippen molar-refractivity contribution >= 4 is 17.0 Å². The summed E-state index contributed by atoms with van der Waals surface area (Å²) in [4.78, 5) is 8.80. The van der Waals surface area contributed by atoms with Gasteiger partial charge in [-0.05, 0) is 19.3 Å². The van der Waals surface area contributed by atoms with Gasteiger partial charge >= 0.3 is 0 Å². The summed E-state index contributed by atoms with van der Waals surface area (Å²) >= 11 is 0. The number of methoxy groups -OCH3 is 1. The molecule has 0 aromatic carbocycles. The number of hydrogen-bond acceptors (Lipinski definition) is 5. The third-order valence-corrected chi connectivity index (χ3v) is 3.78. The molecule has 0 unspecified atom stereocenters. The van der Waals surface area contributed by atoms with Crippen LogP contribution in [-0.4, -0.2) is 40.0 Å². The Morgan fingerprint density at radius 2 is 2.25 bits per heavy atom. The molecule has 0 saturated heterocycles. The molecular weight excluding hydrogens is 254 g/mol. The van der Waals surface area contributed by atoms with Crippen molar-refractivity contribution < 1.29 is 4.74 Å². The molecule has 1 aliphatic carbocycles. The third-order valence-electron chi connectivity index (χ3n) is 3.78. The molecule has 0 aliphatic heterocycles. The van der Waals surface area contributed by atoms with Crippen LogP contribution in [0.2, 0.25) is 0 Å². The minimum atomic E-state index is 0.544. The van der Waals surface area contributed by atoms with E-state index >= 15 is 0 Å². The molecule has 108 valence electrons. The Morgan fingerprint density at radius 1 is 1.40 bits per heavy atom. The van der Waals surface area contributed by atoms with Gasteiger partial charge < -0.3 is 10.1 Å². The SMILES string of the molecule is COCCCNc1ncc2cn(C3CCCC3)nc2n1. The molecule has 1 aliphatic rings. The molecule has 0 radical (unpaired) electrons. The van der Waals surface area contributed by atoms with Crippen LogP contribution in [0.1, 0.15) is 38.1 Å². The molecule has 3 rings (SSSR count). The number of rotatable bonds is 6.